The van der Waals surface area contributed by atoms with Gasteiger partial charge in [0.25, 0.3) is 0 Å². The first kappa shape index (κ1) is 12.9. The van der Waals surface area contributed by atoms with Crippen LogP contribution in [-0.2, 0) is 0 Å². The lowest BCUT2D eigenvalue weighted by molar-refractivity contribution is 0.242. The predicted molar refractivity (Wildman–Crippen MR) is 70.3 cm³/mol. The number of rotatable bonds is 5. The third kappa shape index (κ3) is 4.58. The molecule has 0 fully saturated rings. The highest BCUT2D eigenvalue weighted by Gasteiger charge is 1.97. The van der Waals surface area contributed by atoms with E-state index in [-0.39, 0.29) is 6.10 Å². The van der Waals surface area contributed by atoms with Gasteiger partial charge >= 0.3 is 0 Å². The van der Waals surface area contributed by atoms with Crippen LogP contribution < -0.4 is 10.1 Å². The molecule has 0 aliphatic rings. The highest BCUT2D eigenvalue weighted by molar-refractivity contribution is 6.25. The summed E-state index contributed by atoms with van der Waals surface area (Å²) in [5.74, 6) is 0.894. The molecule has 3 heteroatoms. The van der Waals surface area contributed by atoms with Gasteiger partial charge in [0.15, 0.2) is 0 Å². The summed E-state index contributed by atoms with van der Waals surface area (Å²) in [6.07, 6.45) is 0.209. The van der Waals surface area contributed by atoms with Crippen LogP contribution in [0.2, 0.25) is 0 Å². The molecule has 1 rings (SSSR count). The Kier molecular flexibility index (Phi) is 5.20. The van der Waals surface area contributed by atoms with Gasteiger partial charge in [0.05, 0.1) is 6.10 Å². The van der Waals surface area contributed by atoms with Crippen molar-refractivity contribution in [2.45, 2.75) is 26.9 Å². The van der Waals surface area contributed by atoms with E-state index in [1.807, 2.05) is 45.0 Å². The van der Waals surface area contributed by atoms with Crippen LogP contribution in [0.1, 0.15) is 20.8 Å². The van der Waals surface area contributed by atoms with Gasteiger partial charge in [-0.05, 0) is 50.6 Å². The van der Waals surface area contributed by atoms with Gasteiger partial charge in [-0.15, -0.1) is 0 Å². The van der Waals surface area contributed by atoms with Crippen molar-refractivity contribution in [3.05, 3.63) is 35.4 Å². The molecule has 88 valence electrons. The Labute approximate surface area is 102 Å². The van der Waals surface area contributed by atoms with Crippen LogP contribution in [0.25, 0.3) is 0 Å². The lowest BCUT2D eigenvalue weighted by Gasteiger charge is -2.11. The molecule has 0 spiro atoms. The number of hydrogen-bond acceptors (Lipinski definition) is 2. The average molecular weight is 240 g/mol. The summed E-state index contributed by atoms with van der Waals surface area (Å²) in [5, 5.41) is 3.27. The highest BCUT2D eigenvalue weighted by atomic mass is 35.5. The minimum atomic E-state index is 0.209. The third-order valence-electron chi connectivity index (χ3n) is 1.98. The van der Waals surface area contributed by atoms with Gasteiger partial charge in [-0.3, -0.25) is 0 Å². The van der Waals surface area contributed by atoms with E-state index >= 15 is 0 Å². The maximum Gasteiger partial charge on any atom is 0.119 e. The van der Waals surface area contributed by atoms with Crippen molar-refractivity contribution in [3.63, 3.8) is 0 Å². The fourth-order valence-electron chi connectivity index (χ4n) is 1.20. The molecule has 0 atom stereocenters. The van der Waals surface area contributed by atoms with Crippen molar-refractivity contribution in [1.29, 1.82) is 0 Å². The van der Waals surface area contributed by atoms with Crippen LogP contribution in [0.4, 0.5) is 5.69 Å². The van der Waals surface area contributed by atoms with Crippen molar-refractivity contribution in [2.75, 3.05) is 11.9 Å². The number of ether oxygens (including phenoxy) is 1. The van der Waals surface area contributed by atoms with Crippen LogP contribution in [0.3, 0.4) is 0 Å². The third-order valence-corrected chi connectivity index (χ3v) is 2.36. The average Bonchev–Trinajstić information content (AvgIpc) is 2.27. The molecule has 0 aromatic heterocycles. The molecule has 0 aliphatic heterocycles. The van der Waals surface area contributed by atoms with Crippen molar-refractivity contribution < 1.29 is 4.74 Å². The zero-order chi connectivity index (χ0) is 12.0. The van der Waals surface area contributed by atoms with E-state index in [2.05, 4.69) is 5.32 Å². The fraction of sp³-hybridized carbons (Fsp3) is 0.385. The van der Waals surface area contributed by atoms with Crippen molar-refractivity contribution in [1.82, 2.24) is 0 Å². The molecule has 0 aliphatic carbocycles. The molecule has 1 aromatic rings. The number of benzene rings is 1. The molecule has 16 heavy (non-hydrogen) atoms. The molecular formula is C13H18ClNO. The Hall–Kier alpha value is -1.15. The number of halogens is 1. The van der Waals surface area contributed by atoms with Gasteiger partial charge in [0, 0.05) is 17.8 Å². The van der Waals surface area contributed by atoms with Crippen LogP contribution in [0.15, 0.2) is 35.4 Å². The van der Waals surface area contributed by atoms with E-state index in [0.29, 0.717) is 0 Å². The molecule has 0 saturated carbocycles. The maximum absolute atomic E-state index is 5.58. The summed E-state index contributed by atoms with van der Waals surface area (Å²) in [5.41, 5.74) is 3.75. The highest BCUT2D eigenvalue weighted by Crippen LogP contribution is 2.17. The fourth-order valence-corrected chi connectivity index (χ4v) is 1.28. The Morgan fingerprint density at radius 1 is 1.38 bits per heavy atom. The summed E-state index contributed by atoms with van der Waals surface area (Å²) in [7, 11) is 0. The van der Waals surface area contributed by atoms with E-state index < -0.39 is 0 Å². The van der Waals surface area contributed by atoms with E-state index in [9.17, 15) is 0 Å². The van der Waals surface area contributed by atoms with Crippen LogP contribution in [0.5, 0.6) is 5.75 Å². The second-order valence-electron chi connectivity index (χ2n) is 4.00. The zero-order valence-electron chi connectivity index (χ0n) is 9.96. The Balaban J connectivity index is 2.51. The topological polar surface area (TPSA) is 21.3 Å². The monoisotopic (exact) mass is 239 g/mol. The number of hydrogen-bond donors (Lipinski definition) is 1. The van der Waals surface area contributed by atoms with Crippen molar-refractivity contribution in [3.8, 4) is 5.75 Å². The Morgan fingerprint density at radius 3 is 2.50 bits per heavy atom. The SMILES string of the molecule is C/C(=C\Cl)CNc1ccc(OC(C)C)cc1. The summed E-state index contributed by atoms with van der Waals surface area (Å²) < 4.78 is 5.56. The quantitative estimate of drug-likeness (QED) is 0.838. The molecule has 2 nitrogen and oxygen atoms in total. The number of nitrogens with one attached hydrogen (secondary N) is 1. The molecule has 1 N–H and O–H groups in total. The van der Waals surface area contributed by atoms with Gasteiger partial charge < -0.3 is 10.1 Å². The Bertz CT molecular complexity index is 343. The van der Waals surface area contributed by atoms with Crippen LogP contribution in [0, 0.1) is 0 Å². The molecule has 0 bridgehead atoms. The summed E-state index contributed by atoms with van der Waals surface area (Å²) in [6, 6.07) is 7.92. The zero-order valence-corrected chi connectivity index (χ0v) is 10.7. The first-order chi connectivity index (χ1) is 7.61. The molecule has 0 radical (unpaired) electrons. The Morgan fingerprint density at radius 2 is 2.00 bits per heavy atom. The smallest absolute Gasteiger partial charge is 0.119 e. The summed E-state index contributed by atoms with van der Waals surface area (Å²) in [6.45, 7) is 6.77. The maximum atomic E-state index is 5.58. The van der Waals surface area contributed by atoms with E-state index in [1.54, 1.807) is 5.54 Å². The minimum absolute atomic E-state index is 0.209. The lowest BCUT2D eigenvalue weighted by Crippen LogP contribution is -2.06. The van der Waals surface area contributed by atoms with Gasteiger partial charge in [0.1, 0.15) is 5.75 Å². The van der Waals surface area contributed by atoms with Crippen molar-refractivity contribution in [2.24, 2.45) is 0 Å². The lowest BCUT2D eigenvalue weighted by atomic mass is 10.2. The predicted octanol–water partition coefficient (Wildman–Crippen LogP) is 4.03. The largest absolute Gasteiger partial charge is 0.491 e. The van der Waals surface area contributed by atoms with Gasteiger partial charge in [0.2, 0.25) is 0 Å². The molecule has 0 heterocycles. The summed E-state index contributed by atoms with van der Waals surface area (Å²) in [4.78, 5) is 0. The summed E-state index contributed by atoms with van der Waals surface area (Å²) >= 11 is 5.58. The number of anilines is 1. The molecular weight excluding hydrogens is 222 g/mol. The normalized spacial score (nSPS) is 11.7. The minimum Gasteiger partial charge on any atom is -0.491 e. The van der Waals surface area contributed by atoms with Gasteiger partial charge in [-0.1, -0.05) is 11.6 Å². The molecule has 0 amide bonds. The molecule has 0 unspecified atom stereocenters. The second kappa shape index (κ2) is 6.44. The van der Waals surface area contributed by atoms with Gasteiger partial charge in [-0.25, -0.2) is 0 Å². The molecule has 0 saturated heterocycles. The first-order valence-electron chi connectivity index (χ1n) is 5.38. The van der Waals surface area contributed by atoms with E-state index in [4.69, 9.17) is 16.3 Å². The molecule has 1 aromatic carbocycles. The van der Waals surface area contributed by atoms with Gasteiger partial charge in [-0.2, -0.15) is 0 Å². The van der Waals surface area contributed by atoms with E-state index in [1.165, 1.54) is 0 Å². The standard InChI is InChI=1S/C13H18ClNO/c1-10(2)16-13-6-4-12(5-7-13)15-9-11(3)8-14/h4-8,10,15H,9H2,1-3H3/b11-8+. The second-order valence-corrected chi connectivity index (χ2v) is 4.22. The first-order valence-corrected chi connectivity index (χ1v) is 5.82. The van der Waals surface area contributed by atoms with E-state index in [0.717, 1.165) is 23.6 Å². The van der Waals surface area contributed by atoms with Crippen molar-refractivity contribution >= 4 is 17.3 Å². The van der Waals surface area contributed by atoms with Crippen LogP contribution in [-0.4, -0.2) is 12.6 Å². The van der Waals surface area contributed by atoms with Crippen LogP contribution >= 0.6 is 11.6 Å².